The highest BCUT2D eigenvalue weighted by atomic mass is 14.7. The van der Waals surface area contributed by atoms with E-state index in [2.05, 4.69) is 23.2 Å². The number of nitrogens with one attached hydrogen (secondary N) is 1. The average molecular weight is 179 g/mol. The van der Waals surface area contributed by atoms with Gasteiger partial charge in [0.05, 0.1) is 0 Å². The summed E-state index contributed by atoms with van der Waals surface area (Å²) in [7, 11) is 5.74. The Kier molecular flexibility index (Phi) is 1.57. The molecule has 0 unspecified atom stereocenters. The van der Waals surface area contributed by atoms with E-state index < -0.39 is 0 Å². The van der Waals surface area contributed by atoms with Crippen molar-refractivity contribution < 1.29 is 0 Å². The zero-order valence-corrected chi connectivity index (χ0v) is 7.88. The van der Waals surface area contributed by atoms with E-state index >= 15 is 0 Å². The second-order valence-corrected chi connectivity index (χ2v) is 3.74. The number of aromatic nitrogens is 1. The maximum Gasteiger partial charge on any atom is 0.113 e. The van der Waals surface area contributed by atoms with Crippen molar-refractivity contribution in [2.45, 2.75) is 12.8 Å². The summed E-state index contributed by atoms with van der Waals surface area (Å²) in [6.07, 6.45) is 6.83. The van der Waals surface area contributed by atoms with Crippen LogP contribution in [0.1, 0.15) is 12.8 Å². The molecule has 0 spiro atoms. The molecule has 1 nitrogen and oxygen atoms in total. The van der Waals surface area contributed by atoms with Crippen LogP contribution >= 0.6 is 0 Å². The molecule has 1 aliphatic carbocycles. The molecule has 2 radical (unpaired) electrons. The van der Waals surface area contributed by atoms with E-state index in [1.165, 1.54) is 16.0 Å². The van der Waals surface area contributed by atoms with Gasteiger partial charge in [0.2, 0.25) is 0 Å². The molecular weight excluding hydrogens is 169 g/mol. The topological polar surface area (TPSA) is 15.8 Å². The van der Waals surface area contributed by atoms with Crippen LogP contribution in [0.2, 0.25) is 0 Å². The van der Waals surface area contributed by atoms with Gasteiger partial charge in [0.25, 0.3) is 0 Å². The van der Waals surface area contributed by atoms with Gasteiger partial charge in [0, 0.05) is 21.5 Å². The van der Waals surface area contributed by atoms with Crippen molar-refractivity contribution >= 4 is 36.4 Å². The van der Waals surface area contributed by atoms with E-state index in [1.807, 2.05) is 12.1 Å². The van der Waals surface area contributed by atoms with Crippen LogP contribution in [0.25, 0.3) is 23.1 Å². The summed E-state index contributed by atoms with van der Waals surface area (Å²) in [6, 6.07) is 6.05. The fraction of sp³-hybridized carbons (Fsp3) is 0.167. The molecule has 1 aliphatic rings. The fourth-order valence-corrected chi connectivity index (χ4v) is 2.09. The number of benzene rings is 1. The third kappa shape index (κ3) is 1.03. The highest BCUT2D eigenvalue weighted by molar-refractivity contribution is 6.33. The Morgan fingerprint density at radius 1 is 1.14 bits per heavy atom. The molecular formula is C12H10BN. The molecule has 1 heterocycles. The first-order valence-corrected chi connectivity index (χ1v) is 4.92. The molecule has 0 fully saturated rings. The summed E-state index contributed by atoms with van der Waals surface area (Å²) >= 11 is 0. The van der Waals surface area contributed by atoms with Gasteiger partial charge in [-0.1, -0.05) is 29.7 Å². The van der Waals surface area contributed by atoms with Crippen molar-refractivity contribution in [3.8, 4) is 0 Å². The third-order valence-corrected chi connectivity index (χ3v) is 2.76. The lowest BCUT2D eigenvalue weighted by Crippen LogP contribution is -2.24. The molecule has 2 aromatic rings. The van der Waals surface area contributed by atoms with Crippen LogP contribution in [0, 0.1) is 0 Å². The van der Waals surface area contributed by atoms with E-state index in [0.717, 1.165) is 23.8 Å². The summed E-state index contributed by atoms with van der Waals surface area (Å²) in [4.78, 5) is 3.39. The lowest BCUT2D eigenvalue weighted by molar-refractivity contribution is 1.11. The minimum atomic E-state index is 0.816. The minimum Gasteiger partial charge on any atom is -0.355 e. The molecule has 0 saturated heterocycles. The minimum absolute atomic E-state index is 0.816. The Balaban J connectivity index is 2.56. The van der Waals surface area contributed by atoms with Gasteiger partial charge >= 0.3 is 0 Å². The van der Waals surface area contributed by atoms with Crippen molar-refractivity contribution in [1.29, 1.82) is 0 Å². The maximum atomic E-state index is 5.74. The van der Waals surface area contributed by atoms with Crippen LogP contribution in [-0.4, -0.2) is 12.8 Å². The molecule has 1 aromatic carbocycles. The molecule has 14 heavy (non-hydrogen) atoms. The Hall–Kier alpha value is -1.44. The lowest BCUT2D eigenvalue weighted by atomic mass is 9.95. The van der Waals surface area contributed by atoms with Gasteiger partial charge in [-0.2, -0.15) is 0 Å². The van der Waals surface area contributed by atoms with Crippen LogP contribution in [0.4, 0.5) is 0 Å². The summed E-state index contributed by atoms with van der Waals surface area (Å²) in [5.41, 5.74) is 1.96. The fourth-order valence-electron chi connectivity index (χ4n) is 2.09. The Bertz CT molecular complexity index is 607. The van der Waals surface area contributed by atoms with Crippen LogP contribution in [0.5, 0.6) is 0 Å². The first kappa shape index (κ1) is 7.92. The molecule has 1 N–H and O–H groups in total. The Labute approximate surface area is 83.5 Å². The summed E-state index contributed by atoms with van der Waals surface area (Å²) < 4.78 is 0. The van der Waals surface area contributed by atoms with E-state index in [-0.39, 0.29) is 0 Å². The maximum absolute atomic E-state index is 5.74. The van der Waals surface area contributed by atoms with Crippen molar-refractivity contribution in [3.63, 3.8) is 0 Å². The van der Waals surface area contributed by atoms with Gasteiger partial charge in [-0.25, -0.2) is 0 Å². The van der Waals surface area contributed by atoms with E-state index in [0.29, 0.717) is 0 Å². The monoisotopic (exact) mass is 179 g/mol. The standard InChI is InChI=1S/C12H10BN/c13-8-5-6-10-9-3-1-2-4-11(9)14-12(10)7-8/h3-7,14H,1-2H2. The molecule has 2 heteroatoms. The lowest BCUT2D eigenvalue weighted by Gasteiger charge is -1.94. The van der Waals surface area contributed by atoms with Crippen LogP contribution in [0.15, 0.2) is 18.2 Å². The van der Waals surface area contributed by atoms with Gasteiger partial charge in [0.1, 0.15) is 7.85 Å². The van der Waals surface area contributed by atoms with E-state index in [1.54, 1.807) is 0 Å². The Morgan fingerprint density at radius 2 is 2.00 bits per heavy atom. The van der Waals surface area contributed by atoms with Crippen LogP contribution in [0.3, 0.4) is 0 Å². The van der Waals surface area contributed by atoms with Gasteiger partial charge in [0.15, 0.2) is 0 Å². The predicted molar refractivity (Wildman–Crippen MR) is 61.1 cm³/mol. The molecule has 3 rings (SSSR count). The van der Waals surface area contributed by atoms with Crippen LogP contribution in [-0.2, 0) is 0 Å². The highest BCUT2D eigenvalue weighted by Crippen LogP contribution is 2.05. The average Bonchev–Trinajstić information content (AvgIpc) is 2.54. The molecule has 0 saturated carbocycles. The second kappa shape index (κ2) is 2.78. The number of fused-ring (bicyclic) bond motifs is 3. The number of H-pyrrole nitrogens is 1. The van der Waals surface area contributed by atoms with Crippen LogP contribution < -0.4 is 16.0 Å². The second-order valence-electron chi connectivity index (χ2n) is 3.74. The van der Waals surface area contributed by atoms with E-state index in [9.17, 15) is 0 Å². The molecule has 0 atom stereocenters. The Morgan fingerprint density at radius 3 is 2.93 bits per heavy atom. The summed E-state index contributed by atoms with van der Waals surface area (Å²) in [5.74, 6) is 0. The number of rotatable bonds is 0. The van der Waals surface area contributed by atoms with Gasteiger partial charge in [-0.15, -0.1) is 0 Å². The van der Waals surface area contributed by atoms with Crippen molar-refractivity contribution in [2.75, 3.05) is 0 Å². The zero-order chi connectivity index (χ0) is 9.54. The molecule has 0 bridgehead atoms. The number of hydrogen-bond donors (Lipinski definition) is 1. The van der Waals surface area contributed by atoms with Gasteiger partial charge < -0.3 is 4.98 Å². The first-order valence-electron chi connectivity index (χ1n) is 4.92. The summed E-state index contributed by atoms with van der Waals surface area (Å²) in [5, 5.41) is 3.87. The SMILES string of the molecule is [B]c1ccc2c3c([nH]c2c1)=CCCC=3. The van der Waals surface area contributed by atoms with Gasteiger partial charge in [-0.05, 0) is 18.9 Å². The molecule has 0 aliphatic heterocycles. The van der Waals surface area contributed by atoms with Gasteiger partial charge in [-0.3, -0.25) is 0 Å². The highest BCUT2D eigenvalue weighted by Gasteiger charge is 2.01. The smallest absolute Gasteiger partial charge is 0.113 e. The van der Waals surface area contributed by atoms with Crippen molar-refractivity contribution in [1.82, 2.24) is 4.98 Å². The number of hydrogen-bond acceptors (Lipinski definition) is 0. The van der Waals surface area contributed by atoms with E-state index in [4.69, 9.17) is 7.85 Å². The quantitative estimate of drug-likeness (QED) is 0.560. The van der Waals surface area contributed by atoms with Crippen molar-refractivity contribution in [3.05, 3.63) is 28.8 Å². The number of aromatic amines is 1. The summed E-state index contributed by atoms with van der Waals surface area (Å²) in [6.45, 7) is 0. The van der Waals surface area contributed by atoms with Crippen molar-refractivity contribution in [2.24, 2.45) is 0 Å². The molecule has 0 amide bonds. The predicted octanol–water partition coefficient (Wildman–Crippen LogP) is 0.316. The normalized spacial score (nSPS) is 14.6. The largest absolute Gasteiger partial charge is 0.355 e. The third-order valence-electron chi connectivity index (χ3n) is 2.76. The molecule has 1 aromatic heterocycles. The first-order chi connectivity index (χ1) is 6.84. The zero-order valence-electron chi connectivity index (χ0n) is 7.88. The molecule has 66 valence electrons.